The summed E-state index contributed by atoms with van der Waals surface area (Å²) >= 11 is 1.84. The molecule has 5 nitrogen and oxygen atoms in total. The molecule has 264 valence electrons. The molecule has 0 amide bonds. The molecule has 1 aliphatic rings. The fourth-order valence-corrected chi connectivity index (χ4v) is 8.44. The Hall–Kier alpha value is -4.64. The number of rotatable bonds is 4. The summed E-state index contributed by atoms with van der Waals surface area (Å²) in [4.78, 5) is 9.31. The van der Waals surface area contributed by atoms with Gasteiger partial charge in [-0.25, -0.2) is 4.98 Å². The molecule has 52 heavy (non-hydrogen) atoms. The van der Waals surface area contributed by atoms with Gasteiger partial charge in [-0.1, -0.05) is 89.5 Å². The van der Waals surface area contributed by atoms with E-state index >= 15 is 0 Å². The van der Waals surface area contributed by atoms with Crippen LogP contribution in [0.4, 0.5) is 17.1 Å². The summed E-state index contributed by atoms with van der Waals surface area (Å²) in [6.45, 7) is 15.6. The summed E-state index contributed by atoms with van der Waals surface area (Å²) in [5, 5.41) is 4.82. The molecule has 4 heterocycles. The van der Waals surface area contributed by atoms with Gasteiger partial charge in [0.2, 0.25) is 0 Å². The molecule has 0 saturated heterocycles. The molecule has 1 aliphatic heterocycles. The van der Waals surface area contributed by atoms with Crippen LogP contribution in [0.1, 0.15) is 52.7 Å². The minimum Gasteiger partial charge on any atom is -0.509 e. The van der Waals surface area contributed by atoms with E-state index in [0.717, 1.165) is 38.9 Å². The molecule has 0 fully saturated rings. The second kappa shape index (κ2) is 12.5. The standard InChI is InChI=1S/C45H39N4OS.Pt/c1-44(2,3)28-20-21-46-41(24-28)49-37-14-10-8-12-33(37)34-17-16-31(26-39(34)49)50-32-23-29(45(4,5)6)22-30(25-32)48-27-47(7)38-19-18-36-35-13-9-11-15-40(35)51-43(36)42(38)48;/h8-24,27H,1-7H3;/q-3;. The van der Waals surface area contributed by atoms with E-state index in [-0.39, 0.29) is 31.9 Å². The van der Waals surface area contributed by atoms with Crippen LogP contribution in [0, 0.1) is 18.8 Å². The van der Waals surface area contributed by atoms with Gasteiger partial charge in [0.15, 0.2) is 0 Å². The van der Waals surface area contributed by atoms with Crippen LogP contribution >= 0.6 is 11.3 Å². The Morgan fingerprint density at radius 2 is 1.44 bits per heavy atom. The summed E-state index contributed by atoms with van der Waals surface area (Å²) < 4.78 is 11.5. The van der Waals surface area contributed by atoms with E-state index in [1.807, 2.05) is 23.6 Å². The van der Waals surface area contributed by atoms with Crippen molar-refractivity contribution in [3.05, 3.63) is 133 Å². The molecular weight excluding hydrogens is 840 g/mol. The number of pyridine rings is 1. The van der Waals surface area contributed by atoms with E-state index in [4.69, 9.17) is 9.72 Å². The van der Waals surface area contributed by atoms with Crippen molar-refractivity contribution < 1.29 is 25.8 Å². The number of anilines is 3. The number of benzene rings is 5. The van der Waals surface area contributed by atoms with Gasteiger partial charge >= 0.3 is 0 Å². The SMILES string of the molecule is CN1[CH-]N(c2[c-]c(Oc3[c-]c4c(cc3)c3ccccc3n4-c3cc(C(C)(C)C)ccn3)cc(C(C)(C)C)c2)c2c1ccc1c2sc2ccccc21.[Pt]. The molecule has 7 heteroatoms. The van der Waals surface area contributed by atoms with Crippen molar-refractivity contribution in [1.82, 2.24) is 9.55 Å². The van der Waals surface area contributed by atoms with Gasteiger partial charge in [-0.05, 0) is 59.2 Å². The number of fused-ring (bicyclic) bond motifs is 8. The average Bonchev–Trinajstić information content (AvgIpc) is 3.76. The van der Waals surface area contributed by atoms with Crippen molar-refractivity contribution in [3.8, 4) is 17.3 Å². The molecular formula is C45H39N4OPtS-3. The summed E-state index contributed by atoms with van der Waals surface area (Å²) in [6.07, 6.45) is 1.91. The fraction of sp³-hybridized carbons (Fsp3) is 0.200. The van der Waals surface area contributed by atoms with Gasteiger partial charge in [-0.2, -0.15) is 12.7 Å². The largest absolute Gasteiger partial charge is 0.509 e. The minimum atomic E-state index is -0.121. The Kier molecular flexibility index (Phi) is 8.28. The quantitative estimate of drug-likeness (QED) is 0.165. The van der Waals surface area contributed by atoms with Crippen molar-refractivity contribution in [3.63, 3.8) is 0 Å². The first-order valence-corrected chi connectivity index (χ1v) is 18.3. The molecule has 0 unspecified atom stereocenters. The van der Waals surface area contributed by atoms with E-state index in [9.17, 15) is 0 Å². The number of aromatic nitrogens is 2. The Bertz CT molecular complexity index is 2660. The van der Waals surface area contributed by atoms with Gasteiger partial charge in [-0.15, -0.1) is 58.3 Å². The predicted octanol–water partition coefficient (Wildman–Crippen LogP) is 12.2. The first-order chi connectivity index (χ1) is 24.4. The molecule has 0 N–H and O–H groups in total. The molecule has 3 aromatic heterocycles. The van der Waals surface area contributed by atoms with Crippen molar-refractivity contribution >= 4 is 70.4 Å². The van der Waals surface area contributed by atoms with Crippen LogP contribution < -0.4 is 14.5 Å². The average molecular weight is 879 g/mol. The second-order valence-electron chi connectivity index (χ2n) is 15.6. The van der Waals surface area contributed by atoms with Crippen LogP contribution in [0.3, 0.4) is 0 Å². The number of hydrogen-bond acceptors (Lipinski definition) is 5. The Balaban J connectivity index is 0.00000387. The van der Waals surface area contributed by atoms with Crippen LogP contribution in [-0.2, 0) is 31.9 Å². The number of nitrogens with zero attached hydrogens (tertiary/aromatic N) is 4. The predicted molar refractivity (Wildman–Crippen MR) is 214 cm³/mol. The van der Waals surface area contributed by atoms with Gasteiger partial charge in [-0.3, -0.25) is 0 Å². The van der Waals surface area contributed by atoms with E-state index in [2.05, 4.69) is 173 Å². The van der Waals surface area contributed by atoms with E-state index in [0.29, 0.717) is 11.5 Å². The summed E-state index contributed by atoms with van der Waals surface area (Å²) in [7, 11) is 2.11. The van der Waals surface area contributed by atoms with E-state index in [1.165, 1.54) is 37.1 Å². The van der Waals surface area contributed by atoms with Crippen LogP contribution in [0.25, 0.3) is 47.8 Å². The number of hydrogen-bond donors (Lipinski definition) is 0. The molecule has 9 rings (SSSR count). The number of ether oxygens (including phenoxy) is 1. The van der Waals surface area contributed by atoms with Gasteiger partial charge in [0.1, 0.15) is 5.82 Å². The molecule has 0 radical (unpaired) electrons. The summed E-state index contributed by atoms with van der Waals surface area (Å²) in [6, 6.07) is 41.8. The van der Waals surface area contributed by atoms with Crippen molar-refractivity contribution in [2.24, 2.45) is 0 Å². The number of para-hydroxylation sites is 1. The molecule has 8 aromatic rings. The zero-order chi connectivity index (χ0) is 35.2. The first kappa shape index (κ1) is 34.4. The van der Waals surface area contributed by atoms with Crippen LogP contribution in [0.15, 0.2) is 103 Å². The third kappa shape index (κ3) is 5.68. The van der Waals surface area contributed by atoms with Crippen molar-refractivity contribution in [2.75, 3.05) is 16.8 Å². The maximum atomic E-state index is 6.74. The monoisotopic (exact) mass is 878 g/mol. The Morgan fingerprint density at radius 1 is 0.712 bits per heavy atom. The van der Waals surface area contributed by atoms with Gasteiger partial charge in [0, 0.05) is 65.4 Å². The zero-order valence-electron chi connectivity index (χ0n) is 30.3. The third-order valence-corrected chi connectivity index (χ3v) is 11.2. The van der Waals surface area contributed by atoms with Gasteiger partial charge in [0.25, 0.3) is 0 Å². The molecule has 0 atom stereocenters. The second-order valence-corrected chi connectivity index (χ2v) is 16.6. The third-order valence-electron chi connectivity index (χ3n) is 9.98. The van der Waals surface area contributed by atoms with Crippen LogP contribution in [-0.4, -0.2) is 16.6 Å². The maximum Gasteiger partial charge on any atom is 0.135 e. The molecule has 0 spiro atoms. The van der Waals surface area contributed by atoms with Crippen LogP contribution in [0.5, 0.6) is 11.5 Å². The zero-order valence-corrected chi connectivity index (χ0v) is 33.4. The molecule has 0 saturated carbocycles. The van der Waals surface area contributed by atoms with Crippen molar-refractivity contribution in [2.45, 2.75) is 52.4 Å². The molecule has 0 bridgehead atoms. The van der Waals surface area contributed by atoms with E-state index in [1.54, 1.807) is 0 Å². The Morgan fingerprint density at radius 3 is 2.23 bits per heavy atom. The maximum absolute atomic E-state index is 6.74. The van der Waals surface area contributed by atoms with Crippen LogP contribution in [0.2, 0.25) is 0 Å². The fourth-order valence-electron chi connectivity index (χ4n) is 7.20. The van der Waals surface area contributed by atoms with Gasteiger partial charge in [0.05, 0.1) is 10.4 Å². The number of thiophene rings is 1. The Labute approximate surface area is 323 Å². The van der Waals surface area contributed by atoms with Gasteiger partial charge < -0.3 is 19.1 Å². The first-order valence-electron chi connectivity index (χ1n) is 17.4. The summed E-state index contributed by atoms with van der Waals surface area (Å²) in [5.41, 5.74) is 7.55. The smallest absolute Gasteiger partial charge is 0.135 e. The molecule has 5 aromatic carbocycles. The van der Waals surface area contributed by atoms with E-state index < -0.39 is 0 Å². The summed E-state index contributed by atoms with van der Waals surface area (Å²) in [5.74, 6) is 2.14. The molecule has 0 aliphatic carbocycles. The van der Waals surface area contributed by atoms with Crippen molar-refractivity contribution in [1.29, 1.82) is 0 Å². The topological polar surface area (TPSA) is 33.5 Å². The normalized spacial score (nSPS) is 13.4. The minimum absolute atomic E-state index is 0.